The first kappa shape index (κ1) is 28.8. The van der Waals surface area contributed by atoms with Gasteiger partial charge in [-0.15, -0.1) is 0 Å². The standard InChI is InChI=1S/C34H40N4O2/c1-26(32-16-10-14-31-13-6-7-15-33(31)32)37-34(40)38(22-9-8-21-36-27(2)39)25-30-19-17-29(18-20-30)24-35-23-28-11-4-3-5-12-28/h3-7,10-20,26,35H,8-9,21-25H2,1-2H3,(H,36,39)(H,37,40)/t26-/m0/s1. The number of hydrogen-bond acceptors (Lipinski definition) is 3. The zero-order valence-electron chi connectivity index (χ0n) is 23.5. The third-order valence-corrected chi connectivity index (χ3v) is 7.04. The Morgan fingerprint density at radius 2 is 1.40 bits per heavy atom. The smallest absolute Gasteiger partial charge is 0.318 e. The molecule has 0 bridgehead atoms. The number of urea groups is 1. The zero-order chi connectivity index (χ0) is 28.2. The van der Waals surface area contributed by atoms with Gasteiger partial charge in [-0.2, -0.15) is 0 Å². The maximum absolute atomic E-state index is 13.5. The van der Waals surface area contributed by atoms with Gasteiger partial charge in [0, 0.05) is 39.6 Å². The van der Waals surface area contributed by atoms with Crippen LogP contribution in [0.25, 0.3) is 10.8 Å². The second-order valence-electron chi connectivity index (χ2n) is 10.3. The highest BCUT2D eigenvalue weighted by atomic mass is 16.2. The topological polar surface area (TPSA) is 73.5 Å². The van der Waals surface area contributed by atoms with Gasteiger partial charge in [-0.1, -0.05) is 97.1 Å². The van der Waals surface area contributed by atoms with Crippen LogP contribution in [0.3, 0.4) is 0 Å². The van der Waals surface area contributed by atoms with E-state index in [9.17, 15) is 9.59 Å². The largest absolute Gasteiger partial charge is 0.356 e. The molecule has 3 amide bonds. The van der Waals surface area contributed by atoms with Gasteiger partial charge in [-0.25, -0.2) is 4.79 Å². The molecule has 1 atom stereocenters. The molecule has 0 fully saturated rings. The van der Waals surface area contributed by atoms with Crippen LogP contribution in [0.1, 0.15) is 55.0 Å². The van der Waals surface area contributed by atoms with E-state index in [0.29, 0.717) is 19.6 Å². The fraction of sp³-hybridized carbons (Fsp3) is 0.294. The normalized spacial score (nSPS) is 11.7. The summed E-state index contributed by atoms with van der Waals surface area (Å²) < 4.78 is 0. The second-order valence-corrected chi connectivity index (χ2v) is 10.3. The summed E-state index contributed by atoms with van der Waals surface area (Å²) in [7, 11) is 0. The minimum atomic E-state index is -0.140. The zero-order valence-corrected chi connectivity index (χ0v) is 23.5. The molecule has 0 aliphatic heterocycles. The Morgan fingerprint density at radius 3 is 2.15 bits per heavy atom. The maximum atomic E-state index is 13.5. The van der Waals surface area contributed by atoms with Gasteiger partial charge >= 0.3 is 6.03 Å². The van der Waals surface area contributed by atoms with Crippen molar-refractivity contribution in [3.63, 3.8) is 0 Å². The van der Waals surface area contributed by atoms with Crippen LogP contribution < -0.4 is 16.0 Å². The van der Waals surface area contributed by atoms with Crippen LogP contribution in [0, 0.1) is 0 Å². The lowest BCUT2D eigenvalue weighted by Crippen LogP contribution is -2.41. The van der Waals surface area contributed by atoms with Crippen LogP contribution in [0.15, 0.2) is 97.1 Å². The van der Waals surface area contributed by atoms with E-state index in [1.807, 2.05) is 36.1 Å². The maximum Gasteiger partial charge on any atom is 0.318 e. The highest BCUT2D eigenvalue weighted by Crippen LogP contribution is 2.24. The molecule has 3 N–H and O–H groups in total. The van der Waals surface area contributed by atoms with Crippen molar-refractivity contribution >= 4 is 22.7 Å². The third-order valence-electron chi connectivity index (χ3n) is 7.04. The monoisotopic (exact) mass is 536 g/mol. The van der Waals surface area contributed by atoms with Gasteiger partial charge in [-0.05, 0) is 52.8 Å². The quantitative estimate of drug-likeness (QED) is 0.175. The van der Waals surface area contributed by atoms with E-state index in [1.165, 1.54) is 18.1 Å². The van der Waals surface area contributed by atoms with Gasteiger partial charge in [-0.3, -0.25) is 4.79 Å². The van der Waals surface area contributed by atoms with Crippen LogP contribution in [-0.2, 0) is 24.4 Å². The fourth-order valence-electron chi connectivity index (χ4n) is 4.86. The number of carbonyl (C=O) groups is 2. The molecule has 6 heteroatoms. The molecule has 0 unspecified atom stereocenters. The summed E-state index contributed by atoms with van der Waals surface area (Å²) in [5.41, 5.74) is 4.65. The molecule has 4 rings (SSSR count). The molecule has 4 aromatic rings. The Kier molecular flexibility index (Phi) is 10.7. The van der Waals surface area contributed by atoms with Crippen molar-refractivity contribution in [2.75, 3.05) is 13.1 Å². The van der Waals surface area contributed by atoms with Gasteiger partial charge in [0.2, 0.25) is 5.91 Å². The number of hydrogen-bond donors (Lipinski definition) is 3. The molecule has 0 saturated heterocycles. The first-order valence-corrected chi connectivity index (χ1v) is 14.1. The van der Waals surface area contributed by atoms with Gasteiger partial charge in [0.05, 0.1) is 6.04 Å². The van der Waals surface area contributed by atoms with E-state index in [1.54, 1.807) is 0 Å². The minimum Gasteiger partial charge on any atom is -0.356 e. The molecule has 0 aromatic heterocycles. The summed E-state index contributed by atoms with van der Waals surface area (Å²) in [4.78, 5) is 26.6. The SMILES string of the molecule is CC(=O)NCCCCN(Cc1ccc(CNCc2ccccc2)cc1)C(=O)N[C@@H](C)c1cccc2ccccc12. The molecule has 0 aliphatic carbocycles. The van der Waals surface area contributed by atoms with E-state index in [2.05, 4.69) is 88.7 Å². The van der Waals surface area contributed by atoms with Crippen LogP contribution in [0.4, 0.5) is 4.79 Å². The number of carbonyl (C=O) groups excluding carboxylic acids is 2. The average Bonchev–Trinajstić information content (AvgIpc) is 2.97. The average molecular weight is 537 g/mol. The molecular weight excluding hydrogens is 496 g/mol. The van der Waals surface area contributed by atoms with Gasteiger partial charge in [0.25, 0.3) is 0 Å². The first-order valence-electron chi connectivity index (χ1n) is 14.1. The Labute approximate surface area is 237 Å². The second kappa shape index (κ2) is 14.8. The molecule has 40 heavy (non-hydrogen) atoms. The predicted molar refractivity (Wildman–Crippen MR) is 163 cm³/mol. The lowest BCUT2D eigenvalue weighted by atomic mass is 10.00. The van der Waals surface area contributed by atoms with Crippen molar-refractivity contribution in [3.05, 3.63) is 119 Å². The number of amides is 3. The van der Waals surface area contributed by atoms with E-state index < -0.39 is 0 Å². The minimum absolute atomic E-state index is 0.0307. The van der Waals surface area contributed by atoms with Crippen molar-refractivity contribution in [1.29, 1.82) is 0 Å². The number of rotatable bonds is 13. The Balaban J connectivity index is 1.38. The lowest BCUT2D eigenvalue weighted by molar-refractivity contribution is -0.118. The van der Waals surface area contributed by atoms with Crippen LogP contribution in [0.2, 0.25) is 0 Å². The highest BCUT2D eigenvalue weighted by Gasteiger charge is 2.18. The van der Waals surface area contributed by atoms with Gasteiger partial charge in [0.15, 0.2) is 0 Å². The number of fused-ring (bicyclic) bond motifs is 1. The lowest BCUT2D eigenvalue weighted by Gasteiger charge is -2.26. The van der Waals surface area contributed by atoms with E-state index in [4.69, 9.17) is 0 Å². The fourth-order valence-corrected chi connectivity index (χ4v) is 4.86. The number of nitrogens with zero attached hydrogens (tertiary/aromatic N) is 1. The van der Waals surface area contributed by atoms with Crippen molar-refractivity contribution in [1.82, 2.24) is 20.9 Å². The molecule has 0 aliphatic rings. The van der Waals surface area contributed by atoms with Crippen molar-refractivity contribution in [3.8, 4) is 0 Å². The number of benzene rings is 4. The Hall–Kier alpha value is -4.16. The van der Waals surface area contributed by atoms with Gasteiger partial charge in [0.1, 0.15) is 0 Å². The molecule has 0 radical (unpaired) electrons. The molecule has 0 saturated carbocycles. The molecule has 208 valence electrons. The molecule has 0 heterocycles. The van der Waals surface area contributed by atoms with E-state index >= 15 is 0 Å². The molecule has 4 aromatic carbocycles. The van der Waals surface area contributed by atoms with Gasteiger partial charge < -0.3 is 20.9 Å². The summed E-state index contributed by atoms with van der Waals surface area (Å²) in [5, 5.41) is 11.9. The van der Waals surface area contributed by atoms with Crippen molar-refractivity contribution in [2.24, 2.45) is 0 Å². The summed E-state index contributed by atoms with van der Waals surface area (Å²) in [6, 6.07) is 33.1. The van der Waals surface area contributed by atoms with Crippen LogP contribution in [-0.4, -0.2) is 29.9 Å². The first-order chi connectivity index (χ1) is 19.5. The van der Waals surface area contributed by atoms with Crippen LogP contribution in [0.5, 0.6) is 0 Å². The van der Waals surface area contributed by atoms with E-state index in [0.717, 1.165) is 47.8 Å². The Bertz CT molecular complexity index is 1370. The number of unbranched alkanes of at least 4 members (excludes halogenated alkanes) is 1. The summed E-state index contributed by atoms with van der Waals surface area (Å²) >= 11 is 0. The summed E-state index contributed by atoms with van der Waals surface area (Å²) in [6.07, 6.45) is 1.62. The van der Waals surface area contributed by atoms with Crippen LogP contribution >= 0.6 is 0 Å². The molecule has 6 nitrogen and oxygen atoms in total. The molecule has 0 spiro atoms. The Morgan fingerprint density at radius 1 is 0.750 bits per heavy atom. The van der Waals surface area contributed by atoms with Crippen molar-refractivity contribution in [2.45, 2.75) is 52.4 Å². The number of nitrogens with one attached hydrogen (secondary N) is 3. The molecular formula is C34H40N4O2. The predicted octanol–water partition coefficient (Wildman–Crippen LogP) is 6.32. The van der Waals surface area contributed by atoms with E-state index in [-0.39, 0.29) is 18.0 Å². The van der Waals surface area contributed by atoms with Crippen molar-refractivity contribution < 1.29 is 9.59 Å². The summed E-state index contributed by atoms with van der Waals surface area (Å²) in [6.45, 7) is 6.90. The third kappa shape index (κ3) is 8.68. The summed E-state index contributed by atoms with van der Waals surface area (Å²) in [5.74, 6) is -0.0307. The highest BCUT2D eigenvalue weighted by molar-refractivity contribution is 5.86.